The number of carbonyl (C=O) groups is 1. The number of carboxylic acids is 1. The van der Waals surface area contributed by atoms with Crippen LogP contribution < -0.4 is 5.73 Å². The van der Waals surface area contributed by atoms with E-state index in [-0.39, 0.29) is 28.1 Å². The topological polar surface area (TPSA) is 106 Å². The molecule has 0 amide bonds. The number of benzene rings is 1. The van der Waals surface area contributed by atoms with Gasteiger partial charge in [-0.3, -0.25) is 10.1 Å². The number of nitrogens with two attached hydrogens (primary N) is 1. The molecule has 0 aliphatic rings. The van der Waals surface area contributed by atoms with E-state index in [0.29, 0.717) is 0 Å². The fourth-order valence-electron chi connectivity index (χ4n) is 1.10. The maximum atomic E-state index is 10.9. The van der Waals surface area contributed by atoms with Crippen molar-refractivity contribution < 1.29 is 14.8 Å². The van der Waals surface area contributed by atoms with Gasteiger partial charge in [0.2, 0.25) is 0 Å². The average Bonchev–Trinajstić information content (AvgIpc) is 2.16. The highest BCUT2D eigenvalue weighted by Crippen LogP contribution is 2.29. The fourth-order valence-corrected chi connectivity index (χ4v) is 1.63. The standard InChI is InChI=1S/C9H9BrN2O4.ClH/c1-9(11,8(13)14)5-2-3-7(12(15)16)6(10)4-5;/h2-4H,11H2,1H3,(H,13,14);1H/t9-;/m1./s1. The van der Waals surface area contributed by atoms with Crippen molar-refractivity contribution >= 4 is 40.0 Å². The highest BCUT2D eigenvalue weighted by molar-refractivity contribution is 9.10. The predicted octanol–water partition coefficient (Wildman–Crippen LogP) is 2.04. The van der Waals surface area contributed by atoms with Gasteiger partial charge in [0.15, 0.2) is 0 Å². The van der Waals surface area contributed by atoms with E-state index in [9.17, 15) is 14.9 Å². The zero-order chi connectivity index (χ0) is 12.5. The molecule has 0 aromatic heterocycles. The van der Waals surface area contributed by atoms with Crippen molar-refractivity contribution in [3.63, 3.8) is 0 Å². The number of nitro groups is 1. The highest BCUT2D eigenvalue weighted by atomic mass is 79.9. The second-order valence-corrected chi connectivity index (χ2v) is 4.29. The van der Waals surface area contributed by atoms with Gasteiger partial charge in [-0.05, 0) is 40.5 Å². The van der Waals surface area contributed by atoms with Crippen molar-refractivity contribution in [2.45, 2.75) is 12.5 Å². The number of hydrogen-bond donors (Lipinski definition) is 2. The van der Waals surface area contributed by atoms with Crippen molar-refractivity contribution in [1.29, 1.82) is 0 Å². The van der Waals surface area contributed by atoms with Crippen LogP contribution in [0.15, 0.2) is 22.7 Å². The second-order valence-electron chi connectivity index (χ2n) is 3.43. The van der Waals surface area contributed by atoms with Gasteiger partial charge < -0.3 is 10.8 Å². The molecule has 1 aromatic carbocycles. The average molecular weight is 326 g/mol. The van der Waals surface area contributed by atoms with Crippen molar-refractivity contribution in [2.75, 3.05) is 0 Å². The van der Waals surface area contributed by atoms with Crippen LogP contribution in [0.4, 0.5) is 5.69 Å². The van der Waals surface area contributed by atoms with Crippen LogP contribution in [0.3, 0.4) is 0 Å². The summed E-state index contributed by atoms with van der Waals surface area (Å²) in [6.07, 6.45) is 0. The van der Waals surface area contributed by atoms with Gasteiger partial charge in [0, 0.05) is 6.07 Å². The van der Waals surface area contributed by atoms with Gasteiger partial charge in [0.1, 0.15) is 5.54 Å². The molecule has 0 heterocycles. The normalized spacial score (nSPS) is 13.4. The summed E-state index contributed by atoms with van der Waals surface area (Å²) in [5.74, 6) is -1.20. The molecular weight excluding hydrogens is 315 g/mol. The smallest absolute Gasteiger partial charge is 0.328 e. The Bertz CT molecular complexity index is 464. The van der Waals surface area contributed by atoms with Gasteiger partial charge in [-0.2, -0.15) is 0 Å². The second kappa shape index (κ2) is 5.44. The fraction of sp³-hybridized carbons (Fsp3) is 0.222. The molecule has 1 atom stereocenters. The lowest BCUT2D eigenvalue weighted by atomic mass is 9.93. The molecule has 8 heteroatoms. The van der Waals surface area contributed by atoms with Crippen molar-refractivity contribution in [1.82, 2.24) is 0 Å². The van der Waals surface area contributed by atoms with E-state index in [2.05, 4.69) is 15.9 Å². The van der Waals surface area contributed by atoms with Gasteiger partial charge in [0.05, 0.1) is 9.40 Å². The van der Waals surface area contributed by atoms with E-state index < -0.39 is 16.4 Å². The Balaban J connectivity index is 0.00000256. The maximum absolute atomic E-state index is 10.9. The van der Waals surface area contributed by atoms with Crippen molar-refractivity contribution in [3.8, 4) is 0 Å². The Morgan fingerprint density at radius 1 is 1.59 bits per heavy atom. The number of nitro benzene ring substituents is 1. The Kier molecular flexibility index (Phi) is 5.06. The summed E-state index contributed by atoms with van der Waals surface area (Å²) in [7, 11) is 0. The molecule has 1 rings (SSSR count). The summed E-state index contributed by atoms with van der Waals surface area (Å²) >= 11 is 3.00. The first-order valence-electron chi connectivity index (χ1n) is 4.23. The maximum Gasteiger partial charge on any atom is 0.328 e. The molecule has 6 nitrogen and oxygen atoms in total. The van der Waals surface area contributed by atoms with E-state index in [1.807, 2.05) is 0 Å². The third-order valence-corrected chi connectivity index (χ3v) is 2.82. The highest BCUT2D eigenvalue weighted by Gasteiger charge is 2.31. The van der Waals surface area contributed by atoms with E-state index in [4.69, 9.17) is 10.8 Å². The number of halogens is 2. The summed E-state index contributed by atoms with van der Waals surface area (Å²) in [5, 5.41) is 19.4. The molecule has 0 saturated carbocycles. The van der Waals surface area contributed by atoms with Gasteiger partial charge in [0.25, 0.3) is 5.69 Å². The number of aliphatic carboxylic acids is 1. The lowest BCUT2D eigenvalue weighted by molar-refractivity contribution is -0.385. The van der Waals surface area contributed by atoms with Crippen LogP contribution in [0.2, 0.25) is 0 Å². The molecule has 0 unspecified atom stereocenters. The van der Waals surface area contributed by atoms with Gasteiger partial charge >= 0.3 is 5.97 Å². The number of hydrogen-bond acceptors (Lipinski definition) is 4. The Morgan fingerprint density at radius 2 is 2.12 bits per heavy atom. The quantitative estimate of drug-likeness (QED) is 0.653. The minimum atomic E-state index is -1.57. The molecule has 0 saturated heterocycles. The first-order chi connectivity index (χ1) is 7.26. The van der Waals surface area contributed by atoms with Gasteiger partial charge in [-0.1, -0.05) is 0 Å². The van der Waals surface area contributed by atoms with E-state index in [1.165, 1.54) is 25.1 Å². The predicted molar refractivity (Wildman–Crippen MR) is 67.2 cm³/mol. The number of rotatable bonds is 3. The third kappa shape index (κ3) is 3.15. The van der Waals surface area contributed by atoms with Crippen LogP contribution >= 0.6 is 28.3 Å². The zero-order valence-electron chi connectivity index (χ0n) is 8.71. The van der Waals surface area contributed by atoms with Crippen LogP contribution in [-0.2, 0) is 10.3 Å². The summed E-state index contributed by atoms with van der Waals surface area (Å²) < 4.78 is 0.202. The molecule has 0 bridgehead atoms. The summed E-state index contributed by atoms with van der Waals surface area (Å²) in [6, 6.07) is 3.89. The molecule has 0 spiro atoms. The first kappa shape index (κ1) is 15.8. The summed E-state index contributed by atoms with van der Waals surface area (Å²) in [6.45, 7) is 1.32. The lowest BCUT2D eigenvalue weighted by Gasteiger charge is -2.19. The number of carboxylic acid groups (broad SMARTS) is 1. The molecule has 0 aliphatic heterocycles. The molecule has 3 N–H and O–H groups in total. The van der Waals surface area contributed by atoms with Gasteiger partial charge in [-0.15, -0.1) is 12.4 Å². The van der Waals surface area contributed by atoms with Crippen LogP contribution in [-0.4, -0.2) is 16.0 Å². The van der Waals surface area contributed by atoms with Crippen LogP contribution in [0, 0.1) is 10.1 Å². The van der Waals surface area contributed by atoms with E-state index in [0.717, 1.165) is 0 Å². The molecule has 1 aromatic rings. The molecular formula is C9H10BrClN2O4. The van der Waals surface area contributed by atoms with E-state index in [1.54, 1.807) is 0 Å². The largest absolute Gasteiger partial charge is 0.480 e. The van der Waals surface area contributed by atoms with Crippen molar-refractivity contribution in [3.05, 3.63) is 38.3 Å². The number of nitrogens with zero attached hydrogens (tertiary/aromatic N) is 1. The monoisotopic (exact) mass is 324 g/mol. The SMILES string of the molecule is C[C@](N)(C(=O)O)c1ccc([N+](=O)[O-])c(Br)c1.Cl. The summed E-state index contributed by atoms with van der Waals surface area (Å²) in [5.41, 5.74) is 4.17. The third-order valence-electron chi connectivity index (χ3n) is 2.19. The first-order valence-corrected chi connectivity index (χ1v) is 5.03. The summed E-state index contributed by atoms with van der Waals surface area (Å²) in [4.78, 5) is 20.9. The molecule has 17 heavy (non-hydrogen) atoms. The van der Waals surface area contributed by atoms with Gasteiger partial charge in [-0.25, -0.2) is 4.79 Å². The zero-order valence-corrected chi connectivity index (χ0v) is 11.1. The Labute approximate surface area is 111 Å². The molecule has 0 radical (unpaired) electrons. The van der Waals surface area contributed by atoms with Crippen LogP contribution in [0.25, 0.3) is 0 Å². The Hall–Kier alpha value is -1.18. The van der Waals surface area contributed by atoms with E-state index >= 15 is 0 Å². The molecule has 94 valence electrons. The van der Waals surface area contributed by atoms with Crippen LogP contribution in [0.5, 0.6) is 0 Å². The Morgan fingerprint density at radius 3 is 2.47 bits per heavy atom. The molecule has 0 aliphatic carbocycles. The van der Waals surface area contributed by atoms with Crippen LogP contribution in [0.1, 0.15) is 12.5 Å². The van der Waals surface area contributed by atoms with Crippen molar-refractivity contribution in [2.24, 2.45) is 5.73 Å². The minimum absolute atomic E-state index is 0. The molecule has 0 fully saturated rings. The minimum Gasteiger partial charge on any atom is -0.480 e. The lowest BCUT2D eigenvalue weighted by Crippen LogP contribution is -2.41.